The molecule has 2 amide bonds. The summed E-state index contributed by atoms with van der Waals surface area (Å²) in [5.74, 6) is 0. The summed E-state index contributed by atoms with van der Waals surface area (Å²) in [5.41, 5.74) is 0. The van der Waals surface area contributed by atoms with Crippen molar-refractivity contribution >= 4 is 6.03 Å². The Morgan fingerprint density at radius 2 is 2.27 bits per heavy atom. The SMILES string of the molecule is CC[C@@H]1COCCN1C(=O)N[C@H]1CCCC[C@@H]1n1cccn1. The van der Waals surface area contributed by atoms with Crippen LogP contribution >= 0.6 is 0 Å². The molecule has 1 aliphatic heterocycles. The largest absolute Gasteiger partial charge is 0.377 e. The van der Waals surface area contributed by atoms with Crippen molar-refractivity contribution in [1.29, 1.82) is 0 Å². The molecule has 0 spiro atoms. The van der Waals surface area contributed by atoms with E-state index in [1.165, 1.54) is 12.8 Å². The normalized spacial score (nSPS) is 29.3. The second-order valence-electron chi connectivity index (χ2n) is 6.22. The van der Waals surface area contributed by atoms with Crippen LogP contribution in [0.1, 0.15) is 45.1 Å². The standard InChI is InChI=1S/C16H26N4O2/c1-2-13-12-22-11-10-19(13)16(21)18-14-6-3-4-7-15(14)20-9-5-8-17-20/h5,8-9,13-15H,2-4,6-7,10-12H2,1H3,(H,18,21)/t13-,14+,15+/m1/s1. The molecule has 1 N–H and O–H groups in total. The lowest BCUT2D eigenvalue weighted by Gasteiger charge is -2.38. The van der Waals surface area contributed by atoms with Crippen LogP contribution in [0.5, 0.6) is 0 Å². The van der Waals surface area contributed by atoms with Crippen molar-refractivity contribution in [1.82, 2.24) is 20.0 Å². The molecule has 6 heteroatoms. The average Bonchev–Trinajstić information content (AvgIpc) is 3.09. The number of aromatic nitrogens is 2. The number of ether oxygens (including phenoxy) is 1. The van der Waals surface area contributed by atoms with Crippen LogP contribution in [-0.4, -0.2) is 52.6 Å². The summed E-state index contributed by atoms with van der Waals surface area (Å²) in [6, 6.07) is 2.64. The van der Waals surface area contributed by atoms with Crippen molar-refractivity contribution < 1.29 is 9.53 Å². The monoisotopic (exact) mass is 306 g/mol. The maximum absolute atomic E-state index is 12.7. The number of nitrogens with one attached hydrogen (secondary N) is 1. The van der Waals surface area contributed by atoms with Gasteiger partial charge in [0.1, 0.15) is 0 Å². The van der Waals surface area contributed by atoms with Gasteiger partial charge < -0.3 is 15.0 Å². The van der Waals surface area contributed by atoms with Gasteiger partial charge in [0.2, 0.25) is 0 Å². The highest BCUT2D eigenvalue weighted by Gasteiger charge is 2.32. The fourth-order valence-electron chi connectivity index (χ4n) is 3.58. The average molecular weight is 306 g/mol. The number of hydrogen-bond acceptors (Lipinski definition) is 3. The second-order valence-corrected chi connectivity index (χ2v) is 6.22. The summed E-state index contributed by atoms with van der Waals surface area (Å²) in [7, 11) is 0. The molecule has 2 heterocycles. The topological polar surface area (TPSA) is 59.4 Å². The van der Waals surface area contributed by atoms with Crippen LogP contribution in [0.4, 0.5) is 4.79 Å². The first-order valence-electron chi connectivity index (χ1n) is 8.43. The van der Waals surface area contributed by atoms with E-state index in [0.29, 0.717) is 19.8 Å². The van der Waals surface area contributed by atoms with Crippen molar-refractivity contribution in [2.24, 2.45) is 0 Å². The second kappa shape index (κ2) is 7.13. The Labute approximate surface area is 131 Å². The van der Waals surface area contributed by atoms with E-state index in [1.54, 1.807) is 0 Å². The zero-order valence-corrected chi connectivity index (χ0v) is 13.3. The number of carbonyl (C=O) groups excluding carboxylic acids is 1. The Bertz CT molecular complexity index is 477. The van der Waals surface area contributed by atoms with Crippen molar-refractivity contribution in [2.45, 2.75) is 57.2 Å². The molecule has 3 rings (SSSR count). The number of urea groups is 1. The molecular formula is C16H26N4O2. The molecule has 1 saturated heterocycles. The van der Waals surface area contributed by atoms with Gasteiger partial charge >= 0.3 is 6.03 Å². The van der Waals surface area contributed by atoms with Crippen LogP contribution in [0.25, 0.3) is 0 Å². The first-order valence-corrected chi connectivity index (χ1v) is 8.43. The summed E-state index contributed by atoms with van der Waals surface area (Å²) in [6.45, 7) is 4.07. The molecule has 1 aliphatic carbocycles. The van der Waals surface area contributed by atoms with Gasteiger partial charge in [-0.15, -0.1) is 0 Å². The van der Waals surface area contributed by atoms with E-state index >= 15 is 0 Å². The Balaban J connectivity index is 1.66. The van der Waals surface area contributed by atoms with Gasteiger partial charge in [-0.2, -0.15) is 5.10 Å². The molecule has 122 valence electrons. The Morgan fingerprint density at radius 3 is 3.05 bits per heavy atom. The first-order chi connectivity index (χ1) is 10.8. The molecule has 2 aliphatic rings. The van der Waals surface area contributed by atoms with Crippen LogP contribution in [0.15, 0.2) is 18.5 Å². The first kappa shape index (κ1) is 15.3. The van der Waals surface area contributed by atoms with Gasteiger partial charge in [0.25, 0.3) is 0 Å². The highest BCUT2D eigenvalue weighted by Crippen LogP contribution is 2.28. The molecule has 1 aromatic rings. The minimum Gasteiger partial charge on any atom is -0.377 e. The van der Waals surface area contributed by atoms with Crippen molar-refractivity contribution in [3.8, 4) is 0 Å². The van der Waals surface area contributed by atoms with E-state index in [0.717, 1.165) is 19.3 Å². The number of amides is 2. The number of morpholine rings is 1. The predicted octanol–water partition coefficient (Wildman–Crippen LogP) is 2.19. The van der Waals surface area contributed by atoms with E-state index in [9.17, 15) is 4.79 Å². The highest BCUT2D eigenvalue weighted by atomic mass is 16.5. The summed E-state index contributed by atoms with van der Waals surface area (Å²) in [5, 5.41) is 7.63. The van der Waals surface area contributed by atoms with E-state index < -0.39 is 0 Å². The summed E-state index contributed by atoms with van der Waals surface area (Å²) in [6.07, 6.45) is 9.21. The number of rotatable bonds is 3. The molecule has 1 saturated carbocycles. The van der Waals surface area contributed by atoms with Gasteiger partial charge in [-0.25, -0.2) is 4.79 Å². The summed E-state index contributed by atoms with van der Waals surface area (Å²) < 4.78 is 7.49. The van der Waals surface area contributed by atoms with Gasteiger partial charge in [-0.1, -0.05) is 19.8 Å². The molecule has 2 fully saturated rings. The maximum atomic E-state index is 12.7. The van der Waals surface area contributed by atoms with Crippen LogP contribution in [-0.2, 0) is 4.74 Å². The molecule has 0 bridgehead atoms. The van der Waals surface area contributed by atoms with Gasteiger partial charge in [0.05, 0.1) is 31.3 Å². The number of nitrogens with zero attached hydrogens (tertiary/aromatic N) is 3. The third kappa shape index (κ3) is 3.27. The molecule has 0 unspecified atom stereocenters. The van der Waals surface area contributed by atoms with Crippen LogP contribution in [0, 0.1) is 0 Å². The van der Waals surface area contributed by atoms with Gasteiger partial charge in [0, 0.05) is 18.9 Å². The van der Waals surface area contributed by atoms with Gasteiger partial charge in [-0.3, -0.25) is 4.68 Å². The zero-order chi connectivity index (χ0) is 15.4. The lowest BCUT2D eigenvalue weighted by Crippen LogP contribution is -2.55. The van der Waals surface area contributed by atoms with E-state index in [1.807, 2.05) is 28.0 Å². The van der Waals surface area contributed by atoms with Crippen molar-refractivity contribution in [2.75, 3.05) is 19.8 Å². The quantitative estimate of drug-likeness (QED) is 0.931. The van der Waals surface area contributed by atoms with Gasteiger partial charge in [-0.05, 0) is 25.3 Å². The third-order valence-electron chi connectivity index (χ3n) is 4.86. The highest BCUT2D eigenvalue weighted by molar-refractivity contribution is 5.75. The third-order valence-corrected chi connectivity index (χ3v) is 4.86. The predicted molar refractivity (Wildman–Crippen MR) is 83.7 cm³/mol. The van der Waals surface area contributed by atoms with Crippen molar-refractivity contribution in [3.05, 3.63) is 18.5 Å². The maximum Gasteiger partial charge on any atom is 0.318 e. The number of hydrogen-bond donors (Lipinski definition) is 1. The van der Waals surface area contributed by atoms with E-state index in [2.05, 4.69) is 17.3 Å². The molecule has 6 nitrogen and oxygen atoms in total. The number of carbonyl (C=O) groups is 1. The van der Waals surface area contributed by atoms with Crippen LogP contribution < -0.4 is 5.32 Å². The molecule has 22 heavy (non-hydrogen) atoms. The Hall–Kier alpha value is -1.56. The fourth-order valence-corrected chi connectivity index (χ4v) is 3.58. The van der Waals surface area contributed by atoms with Gasteiger partial charge in [0.15, 0.2) is 0 Å². The summed E-state index contributed by atoms with van der Waals surface area (Å²) in [4.78, 5) is 14.6. The fraction of sp³-hybridized carbons (Fsp3) is 0.750. The van der Waals surface area contributed by atoms with Crippen molar-refractivity contribution in [3.63, 3.8) is 0 Å². The van der Waals surface area contributed by atoms with E-state index in [-0.39, 0.29) is 24.2 Å². The van der Waals surface area contributed by atoms with Crippen LogP contribution in [0.3, 0.4) is 0 Å². The smallest absolute Gasteiger partial charge is 0.318 e. The minimum atomic E-state index is 0.0548. The lowest BCUT2D eigenvalue weighted by atomic mass is 9.90. The molecule has 3 atom stereocenters. The molecule has 0 radical (unpaired) electrons. The van der Waals surface area contributed by atoms with Crippen LogP contribution in [0.2, 0.25) is 0 Å². The Kier molecular flexibility index (Phi) is 4.97. The summed E-state index contributed by atoms with van der Waals surface area (Å²) >= 11 is 0. The van der Waals surface area contributed by atoms with E-state index in [4.69, 9.17) is 4.74 Å². The minimum absolute atomic E-state index is 0.0548. The zero-order valence-electron chi connectivity index (χ0n) is 13.3. The Morgan fingerprint density at radius 1 is 1.41 bits per heavy atom. The molecule has 1 aromatic heterocycles. The molecule has 0 aromatic carbocycles. The molecular weight excluding hydrogens is 280 g/mol. The lowest BCUT2D eigenvalue weighted by molar-refractivity contribution is 0.00989.